The molecule has 0 fully saturated rings. The number of benzene rings is 1. The predicted molar refractivity (Wildman–Crippen MR) is 53.0 cm³/mol. The highest BCUT2D eigenvalue weighted by Crippen LogP contribution is 2.38. The minimum absolute atomic E-state index is 0.149. The second kappa shape index (κ2) is 3.81. The van der Waals surface area contributed by atoms with E-state index >= 15 is 0 Å². The molecule has 0 bridgehead atoms. The van der Waals surface area contributed by atoms with E-state index < -0.39 is 17.8 Å². The summed E-state index contributed by atoms with van der Waals surface area (Å²) in [7, 11) is 0. The van der Waals surface area contributed by atoms with Gasteiger partial charge < -0.3 is 4.84 Å². The van der Waals surface area contributed by atoms with Crippen molar-refractivity contribution in [3.05, 3.63) is 35.4 Å². The number of nitrogens with zero attached hydrogens (tertiary/aromatic N) is 1. The van der Waals surface area contributed by atoms with Gasteiger partial charge in [0.15, 0.2) is 6.10 Å². The van der Waals surface area contributed by atoms with Gasteiger partial charge in [0, 0.05) is 12.0 Å². The van der Waals surface area contributed by atoms with Gasteiger partial charge in [0.1, 0.15) is 0 Å². The van der Waals surface area contributed by atoms with Crippen molar-refractivity contribution in [1.82, 2.24) is 0 Å². The SMILES string of the molecule is CC1=NOC(c2ccccc2C(F)(F)F)C1. The third kappa shape index (κ3) is 2.03. The second-order valence-electron chi connectivity index (χ2n) is 3.71. The molecular weight excluding hydrogens is 219 g/mol. The minimum Gasteiger partial charge on any atom is -0.387 e. The molecular formula is C11H10F3NO. The Labute approximate surface area is 90.7 Å². The van der Waals surface area contributed by atoms with Crippen LogP contribution < -0.4 is 0 Å². The van der Waals surface area contributed by atoms with Crippen molar-refractivity contribution in [2.75, 3.05) is 0 Å². The number of halogens is 3. The van der Waals surface area contributed by atoms with Crippen LogP contribution in [0.25, 0.3) is 0 Å². The van der Waals surface area contributed by atoms with E-state index in [0.717, 1.165) is 6.07 Å². The molecule has 1 aromatic carbocycles. The van der Waals surface area contributed by atoms with Gasteiger partial charge in [-0.05, 0) is 13.0 Å². The Kier molecular flexibility index (Phi) is 2.61. The summed E-state index contributed by atoms with van der Waals surface area (Å²) in [6.45, 7) is 1.73. The van der Waals surface area contributed by atoms with Crippen LogP contribution in [0.5, 0.6) is 0 Å². The van der Waals surface area contributed by atoms with Gasteiger partial charge >= 0.3 is 6.18 Å². The molecule has 2 nitrogen and oxygen atoms in total. The van der Waals surface area contributed by atoms with Crippen molar-refractivity contribution in [1.29, 1.82) is 0 Å². The average molecular weight is 229 g/mol. The smallest absolute Gasteiger partial charge is 0.387 e. The van der Waals surface area contributed by atoms with E-state index in [-0.39, 0.29) is 5.56 Å². The van der Waals surface area contributed by atoms with Crippen LogP contribution in [-0.4, -0.2) is 5.71 Å². The van der Waals surface area contributed by atoms with E-state index in [4.69, 9.17) is 4.84 Å². The predicted octanol–water partition coefficient (Wildman–Crippen LogP) is 3.54. The molecule has 0 radical (unpaired) electrons. The fourth-order valence-corrected chi connectivity index (χ4v) is 1.70. The average Bonchev–Trinajstić information content (AvgIpc) is 2.64. The second-order valence-corrected chi connectivity index (χ2v) is 3.71. The summed E-state index contributed by atoms with van der Waals surface area (Å²) in [5.74, 6) is 0. The lowest BCUT2D eigenvalue weighted by atomic mass is 9.99. The number of alkyl halides is 3. The van der Waals surface area contributed by atoms with Gasteiger partial charge in [-0.25, -0.2) is 0 Å². The van der Waals surface area contributed by atoms with E-state index in [1.54, 1.807) is 13.0 Å². The zero-order valence-electron chi connectivity index (χ0n) is 8.58. The van der Waals surface area contributed by atoms with E-state index in [1.807, 2.05) is 0 Å². The van der Waals surface area contributed by atoms with Crippen LogP contribution in [0.3, 0.4) is 0 Å². The molecule has 16 heavy (non-hydrogen) atoms. The maximum atomic E-state index is 12.7. The standard InChI is InChI=1S/C11H10F3NO/c1-7-6-10(16-15-7)8-4-2-3-5-9(8)11(12,13)14/h2-5,10H,6H2,1H3. The zero-order valence-corrected chi connectivity index (χ0v) is 8.58. The van der Waals surface area contributed by atoms with Crippen LogP contribution in [0.15, 0.2) is 29.4 Å². The van der Waals surface area contributed by atoms with Gasteiger partial charge in [-0.1, -0.05) is 23.4 Å². The first-order valence-corrected chi connectivity index (χ1v) is 4.84. The largest absolute Gasteiger partial charge is 0.416 e. The molecule has 0 saturated heterocycles. The van der Waals surface area contributed by atoms with Gasteiger partial charge in [-0.3, -0.25) is 0 Å². The molecule has 0 saturated carbocycles. The maximum absolute atomic E-state index is 12.7. The highest BCUT2D eigenvalue weighted by atomic mass is 19.4. The van der Waals surface area contributed by atoms with Crippen molar-refractivity contribution in [3.8, 4) is 0 Å². The van der Waals surface area contributed by atoms with Gasteiger partial charge in [0.2, 0.25) is 0 Å². The number of hydrogen-bond donors (Lipinski definition) is 0. The molecule has 0 amide bonds. The third-order valence-electron chi connectivity index (χ3n) is 2.43. The highest BCUT2D eigenvalue weighted by Gasteiger charge is 2.36. The quantitative estimate of drug-likeness (QED) is 0.721. The summed E-state index contributed by atoms with van der Waals surface area (Å²) in [6.07, 6.45) is -4.55. The van der Waals surface area contributed by atoms with Crippen LogP contribution in [0, 0.1) is 0 Å². The van der Waals surface area contributed by atoms with E-state index in [2.05, 4.69) is 5.16 Å². The monoisotopic (exact) mass is 229 g/mol. The first-order valence-electron chi connectivity index (χ1n) is 4.84. The van der Waals surface area contributed by atoms with Crippen molar-refractivity contribution >= 4 is 5.71 Å². The van der Waals surface area contributed by atoms with Crippen molar-refractivity contribution in [2.45, 2.75) is 25.6 Å². The molecule has 0 aromatic heterocycles. The Hall–Kier alpha value is -1.52. The Bertz CT molecular complexity index is 425. The topological polar surface area (TPSA) is 21.6 Å². The molecule has 1 aliphatic rings. The lowest BCUT2D eigenvalue weighted by Gasteiger charge is -2.15. The molecule has 0 N–H and O–H groups in total. The fourth-order valence-electron chi connectivity index (χ4n) is 1.70. The molecule has 0 aliphatic carbocycles. The van der Waals surface area contributed by atoms with Crippen molar-refractivity contribution in [3.63, 3.8) is 0 Å². The molecule has 2 rings (SSSR count). The Morgan fingerprint density at radius 3 is 2.56 bits per heavy atom. The minimum atomic E-state index is -4.35. The number of hydrogen-bond acceptors (Lipinski definition) is 2. The number of rotatable bonds is 1. The Balaban J connectivity index is 2.35. The van der Waals surface area contributed by atoms with Gasteiger partial charge in [-0.2, -0.15) is 13.2 Å². The molecule has 1 atom stereocenters. The van der Waals surface area contributed by atoms with Crippen LogP contribution in [0.1, 0.15) is 30.6 Å². The molecule has 0 spiro atoms. The van der Waals surface area contributed by atoms with Crippen LogP contribution >= 0.6 is 0 Å². The lowest BCUT2D eigenvalue weighted by molar-refractivity contribution is -0.139. The van der Waals surface area contributed by atoms with Crippen LogP contribution in [0.2, 0.25) is 0 Å². The van der Waals surface area contributed by atoms with Crippen LogP contribution in [0.4, 0.5) is 13.2 Å². The molecule has 5 heteroatoms. The van der Waals surface area contributed by atoms with Gasteiger partial charge in [-0.15, -0.1) is 0 Å². The lowest BCUT2D eigenvalue weighted by Crippen LogP contribution is -2.12. The van der Waals surface area contributed by atoms with Gasteiger partial charge in [0.05, 0.1) is 11.3 Å². The van der Waals surface area contributed by atoms with E-state index in [0.29, 0.717) is 12.1 Å². The third-order valence-corrected chi connectivity index (χ3v) is 2.43. The summed E-state index contributed by atoms with van der Waals surface area (Å²) >= 11 is 0. The van der Waals surface area contributed by atoms with Crippen LogP contribution in [-0.2, 0) is 11.0 Å². The summed E-state index contributed by atoms with van der Waals surface area (Å²) in [4.78, 5) is 4.98. The summed E-state index contributed by atoms with van der Waals surface area (Å²) in [5, 5.41) is 3.67. The summed E-state index contributed by atoms with van der Waals surface area (Å²) in [6, 6.07) is 5.44. The molecule has 1 heterocycles. The van der Waals surface area contributed by atoms with E-state index in [9.17, 15) is 13.2 Å². The van der Waals surface area contributed by atoms with Crippen molar-refractivity contribution < 1.29 is 18.0 Å². The van der Waals surface area contributed by atoms with E-state index in [1.165, 1.54) is 12.1 Å². The summed E-state index contributed by atoms with van der Waals surface area (Å²) in [5.41, 5.74) is 0.211. The van der Waals surface area contributed by atoms with Gasteiger partial charge in [0.25, 0.3) is 0 Å². The molecule has 1 aliphatic heterocycles. The fraction of sp³-hybridized carbons (Fsp3) is 0.364. The Morgan fingerprint density at radius 2 is 2.00 bits per heavy atom. The first kappa shape index (κ1) is 11.0. The number of oxime groups is 1. The molecule has 86 valence electrons. The highest BCUT2D eigenvalue weighted by molar-refractivity contribution is 5.83. The zero-order chi connectivity index (χ0) is 11.8. The van der Waals surface area contributed by atoms with Crippen molar-refractivity contribution in [2.24, 2.45) is 5.16 Å². The Morgan fingerprint density at radius 1 is 1.31 bits per heavy atom. The maximum Gasteiger partial charge on any atom is 0.416 e. The molecule has 1 unspecified atom stereocenters. The normalized spacial score (nSPS) is 20.5. The summed E-state index contributed by atoms with van der Waals surface area (Å²) < 4.78 is 38.1. The molecule has 1 aromatic rings. The first-order chi connectivity index (χ1) is 7.48.